The molecule has 0 aliphatic rings. The number of aromatic nitrogens is 1. The van der Waals surface area contributed by atoms with Crippen molar-refractivity contribution < 1.29 is 18.7 Å². The molecule has 0 radical (unpaired) electrons. The molecule has 0 amide bonds. The minimum atomic E-state index is -0.575. The van der Waals surface area contributed by atoms with Gasteiger partial charge in [-0.3, -0.25) is 4.79 Å². The first-order valence-corrected chi connectivity index (χ1v) is 8.82. The van der Waals surface area contributed by atoms with E-state index in [-0.39, 0.29) is 18.2 Å². The van der Waals surface area contributed by atoms with Gasteiger partial charge in [0.15, 0.2) is 6.61 Å². The van der Waals surface area contributed by atoms with Crippen LogP contribution in [0.15, 0.2) is 54.6 Å². The van der Waals surface area contributed by atoms with Gasteiger partial charge in [-0.15, -0.1) is 0 Å². The lowest BCUT2D eigenvalue weighted by atomic mass is 10.1. The third-order valence-electron chi connectivity index (χ3n) is 4.61. The summed E-state index contributed by atoms with van der Waals surface area (Å²) in [5.41, 5.74) is 9.58. The minimum absolute atomic E-state index is 0.276. The fourth-order valence-corrected chi connectivity index (χ4v) is 3.01. The van der Waals surface area contributed by atoms with Crippen molar-refractivity contribution in [3.8, 4) is 0 Å². The molecule has 0 saturated carbocycles. The Balaban J connectivity index is 1.69. The SMILES string of the molecule is Cc1cc(C(=O)COC(=O)c2ccc(N)cc2)c(C)n1Cc1ccc(F)cc1. The maximum Gasteiger partial charge on any atom is 0.338 e. The van der Waals surface area contributed by atoms with Gasteiger partial charge in [0.2, 0.25) is 5.78 Å². The van der Waals surface area contributed by atoms with Crippen LogP contribution >= 0.6 is 0 Å². The fourth-order valence-electron chi connectivity index (χ4n) is 3.01. The highest BCUT2D eigenvalue weighted by atomic mass is 19.1. The van der Waals surface area contributed by atoms with Crippen LogP contribution in [0.1, 0.15) is 37.7 Å². The van der Waals surface area contributed by atoms with Gasteiger partial charge in [0, 0.05) is 29.2 Å². The summed E-state index contributed by atoms with van der Waals surface area (Å²) in [4.78, 5) is 24.6. The molecule has 0 aliphatic carbocycles. The zero-order valence-electron chi connectivity index (χ0n) is 15.7. The van der Waals surface area contributed by atoms with Crippen LogP contribution in [-0.4, -0.2) is 22.9 Å². The van der Waals surface area contributed by atoms with Crippen LogP contribution in [0.2, 0.25) is 0 Å². The zero-order valence-corrected chi connectivity index (χ0v) is 15.7. The maximum atomic E-state index is 13.1. The van der Waals surface area contributed by atoms with Crippen molar-refractivity contribution in [3.63, 3.8) is 0 Å². The van der Waals surface area contributed by atoms with Crippen molar-refractivity contribution in [2.75, 3.05) is 12.3 Å². The van der Waals surface area contributed by atoms with Gasteiger partial charge in [-0.05, 0) is 61.9 Å². The number of benzene rings is 2. The molecular formula is C22H21FN2O3. The number of nitrogens with two attached hydrogens (primary N) is 1. The first kappa shape index (κ1) is 19.4. The average Bonchev–Trinajstić information content (AvgIpc) is 2.96. The number of rotatable bonds is 6. The number of hydrogen-bond acceptors (Lipinski definition) is 4. The van der Waals surface area contributed by atoms with Gasteiger partial charge in [-0.25, -0.2) is 9.18 Å². The Kier molecular flexibility index (Phi) is 5.59. The van der Waals surface area contributed by atoms with E-state index < -0.39 is 5.97 Å². The molecule has 0 bridgehead atoms. The first-order chi connectivity index (χ1) is 13.3. The molecule has 0 aliphatic heterocycles. The Morgan fingerprint density at radius 2 is 1.68 bits per heavy atom. The normalized spacial score (nSPS) is 10.7. The van der Waals surface area contributed by atoms with Crippen LogP contribution in [0.3, 0.4) is 0 Å². The Hall–Kier alpha value is -3.41. The van der Waals surface area contributed by atoms with Crippen LogP contribution in [-0.2, 0) is 11.3 Å². The Bertz CT molecular complexity index is 1010. The van der Waals surface area contributed by atoms with Crippen molar-refractivity contribution in [1.82, 2.24) is 4.57 Å². The van der Waals surface area contributed by atoms with Crippen LogP contribution in [0.4, 0.5) is 10.1 Å². The van der Waals surface area contributed by atoms with Crippen molar-refractivity contribution in [3.05, 3.63) is 88.5 Å². The number of nitrogens with zero attached hydrogens (tertiary/aromatic N) is 1. The molecule has 1 heterocycles. The van der Waals surface area contributed by atoms with Crippen molar-refractivity contribution in [2.24, 2.45) is 0 Å². The summed E-state index contributed by atoms with van der Waals surface area (Å²) in [5, 5.41) is 0. The summed E-state index contributed by atoms with van der Waals surface area (Å²) in [6.07, 6.45) is 0. The number of carbonyl (C=O) groups excluding carboxylic acids is 2. The molecule has 0 atom stereocenters. The van der Waals surface area contributed by atoms with E-state index in [4.69, 9.17) is 10.5 Å². The van der Waals surface area contributed by atoms with Gasteiger partial charge < -0.3 is 15.0 Å². The van der Waals surface area contributed by atoms with E-state index in [1.54, 1.807) is 42.5 Å². The molecular weight excluding hydrogens is 359 g/mol. The highest BCUT2D eigenvalue weighted by Gasteiger charge is 2.18. The molecule has 6 heteroatoms. The molecule has 0 spiro atoms. The number of carbonyl (C=O) groups is 2. The molecule has 1 aromatic heterocycles. The number of aryl methyl sites for hydroxylation is 1. The highest BCUT2D eigenvalue weighted by molar-refractivity contribution is 6.00. The Labute approximate surface area is 162 Å². The van der Waals surface area contributed by atoms with Gasteiger partial charge in [0.1, 0.15) is 5.82 Å². The molecule has 0 saturated heterocycles. The van der Waals surface area contributed by atoms with Crippen molar-refractivity contribution >= 4 is 17.4 Å². The van der Waals surface area contributed by atoms with Crippen LogP contribution < -0.4 is 5.73 Å². The van der Waals surface area contributed by atoms with E-state index in [2.05, 4.69) is 0 Å². The topological polar surface area (TPSA) is 74.3 Å². The lowest BCUT2D eigenvalue weighted by Gasteiger charge is -2.10. The number of esters is 1. The second kappa shape index (κ2) is 8.08. The van der Waals surface area contributed by atoms with Crippen molar-refractivity contribution in [1.29, 1.82) is 0 Å². The molecule has 2 N–H and O–H groups in total. The number of Topliss-reactive ketones (excluding diaryl/α,β-unsaturated/α-hetero) is 1. The summed E-state index contributed by atoms with van der Waals surface area (Å²) in [7, 11) is 0. The van der Waals surface area contributed by atoms with Crippen LogP contribution in [0.25, 0.3) is 0 Å². The largest absolute Gasteiger partial charge is 0.454 e. The molecule has 0 fully saturated rings. The molecule has 5 nitrogen and oxygen atoms in total. The van der Waals surface area contributed by atoms with E-state index in [1.165, 1.54) is 12.1 Å². The predicted molar refractivity (Wildman–Crippen MR) is 105 cm³/mol. The number of nitrogen functional groups attached to an aromatic ring is 1. The number of halogens is 1. The first-order valence-electron chi connectivity index (χ1n) is 8.82. The summed E-state index contributed by atoms with van der Waals surface area (Å²) in [5.74, 6) is -1.14. The van der Waals surface area contributed by atoms with Gasteiger partial charge in [-0.1, -0.05) is 12.1 Å². The van der Waals surface area contributed by atoms with Crippen LogP contribution in [0, 0.1) is 19.7 Å². The lowest BCUT2D eigenvalue weighted by molar-refractivity contribution is 0.0474. The van der Waals surface area contributed by atoms with E-state index >= 15 is 0 Å². The molecule has 3 aromatic rings. The number of ketones is 1. The van der Waals surface area contributed by atoms with Gasteiger partial charge in [0.05, 0.1) is 5.56 Å². The van der Waals surface area contributed by atoms with E-state index in [9.17, 15) is 14.0 Å². The molecule has 0 unspecified atom stereocenters. The zero-order chi connectivity index (χ0) is 20.3. The number of hydrogen-bond donors (Lipinski definition) is 1. The minimum Gasteiger partial charge on any atom is -0.454 e. The third-order valence-corrected chi connectivity index (χ3v) is 4.61. The van der Waals surface area contributed by atoms with Crippen LogP contribution in [0.5, 0.6) is 0 Å². The van der Waals surface area contributed by atoms with E-state index in [1.807, 2.05) is 18.4 Å². The van der Waals surface area contributed by atoms with Gasteiger partial charge >= 0.3 is 5.97 Å². The maximum absolute atomic E-state index is 13.1. The summed E-state index contributed by atoms with van der Waals surface area (Å²) in [6.45, 7) is 3.92. The lowest BCUT2D eigenvalue weighted by Crippen LogP contribution is -2.15. The number of anilines is 1. The predicted octanol–water partition coefficient (Wildman–Crippen LogP) is 3.91. The Morgan fingerprint density at radius 1 is 1.04 bits per heavy atom. The standard InChI is InChI=1S/C22H21FN2O3/c1-14-11-20(15(2)25(14)12-16-3-7-18(23)8-4-16)21(26)13-28-22(27)17-5-9-19(24)10-6-17/h3-11H,12-13,24H2,1-2H3. The second-order valence-corrected chi connectivity index (χ2v) is 6.62. The summed E-state index contributed by atoms with van der Waals surface area (Å²) < 4.78 is 20.2. The fraction of sp³-hybridized carbons (Fsp3) is 0.182. The summed E-state index contributed by atoms with van der Waals surface area (Å²) in [6, 6.07) is 14.3. The van der Waals surface area contributed by atoms with E-state index in [0.29, 0.717) is 23.4 Å². The molecule has 28 heavy (non-hydrogen) atoms. The second-order valence-electron chi connectivity index (χ2n) is 6.62. The van der Waals surface area contributed by atoms with Crippen molar-refractivity contribution in [2.45, 2.75) is 20.4 Å². The molecule has 3 rings (SSSR count). The highest BCUT2D eigenvalue weighted by Crippen LogP contribution is 2.18. The Morgan fingerprint density at radius 3 is 2.32 bits per heavy atom. The molecule has 2 aromatic carbocycles. The monoisotopic (exact) mass is 380 g/mol. The van der Waals surface area contributed by atoms with Gasteiger partial charge in [-0.2, -0.15) is 0 Å². The van der Waals surface area contributed by atoms with E-state index in [0.717, 1.165) is 17.0 Å². The number of ether oxygens (including phenoxy) is 1. The van der Waals surface area contributed by atoms with Gasteiger partial charge in [0.25, 0.3) is 0 Å². The molecule has 144 valence electrons. The quantitative estimate of drug-likeness (QED) is 0.400. The average molecular weight is 380 g/mol. The smallest absolute Gasteiger partial charge is 0.338 e. The third kappa shape index (κ3) is 4.28. The summed E-state index contributed by atoms with van der Waals surface area (Å²) >= 11 is 0.